The molecular formula is C14H14ClF3N2O2. The van der Waals surface area contributed by atoms with Gasteiger partial charge in [0.05, 0.1) is 6.42 Å². The van der Waals surface area contributed by atoms with Gasteiger partial charge in [0.2, 0.25) is 11.8 Å². The monoisotopic (exact) mass is 334 g/mol. The van der Waals surface area contributed by atoms with E-state index >= 15 is 0 Å². The predicted octanol–water partition coefficient (Wildman–Crippen LogP) is 2.68. The van der Waals surface area contributed by atoms with Gasteiger partial charge in [-0.15, -0.1) is 0 Å². The van der Waals surface area contributed by atoms with Crippen molar-refractivity contribution < 1.29 is 22.8 Å². The van der Waals surface area contributed by atoms with E-state index in [0.717, 1.165) is 4.90 Å². The largest absolute Gasteiger partial charge is 0.389 e. The first-order valence-electron chi connectivity index (χ1n) is 6.68. The molecule has 1 saturated heterocycles. The zero-order chi connectivity index (χ0) is 16.3. The lowest BCUT2D eigenvalue weighted by Gasteiger charge is -2.35. The molecule has 1 aromatic carbocycles. The summed E-state index contributed by atoms with van der Waals surface area (Å²) in [5.41, 5.74) is 0.404. The van der Waals surface area contributed by atoms with E-state index < -0.39 is 36.9 Å². The molecule has 0 radical (unpaired) electrons. The number of piperazine rings is 1. The fraction of sp³-hybridized carbons (Fsp3) is 0.429. The number of benzene rings is 1. The van der Waals surface area contributed by atoms with E-state index in [1.165, 1.54) is 0 Å². The Morgan fingerprint density at radius 2 is 2.05 bits per heavy atom. The highest BCUT2D eigenvalue weighted by atomic mass is 35.5. The number of alkyl halides is 3. The maximum atomic E-state index is 12.3. The van der Waals surface area contributed by atoms with Crippen LogP contribution in [0.1, 0.15) is 24.4 Å². The average Bonchev–Trinajstić information content (AvgIpc) is 2.45. The third kappa shape index (κ3) is 3.91. The minimum absolute atomic E-state index is 0.151. The third-order valence-corrected chi connectivity index (χ3v) is 3.70. The summed E-state index contributed by atoms with van der Waals surface area (Å²) in [6.07, 6.45) is -6.30. The fourth-order valence-corrected chi connectivity index (χ4v) is 2.57. The predicted molar refractivity (Wildman–Crippen MR) is 74.2 cm³/mol. The first-order valence-corrected chi connectivity index (χ1v) is 7.06. The second-order valence-electron chi connectivity index (χ2n) is 4.92. The molecule has 0 aromatic heterocycles. The van der Waals surface area contributed by atoms with E-state index in [-0.39, 0.29) is 18.1 Å². The molecule has 120 valence electrons. The van der Waals surface area contributed by atoms with Gasteiger partial charge in [0.15, 0.2) is 0 Å². The van der Waals surface area contributed by atoms with Crippen LogP contribution in [0.25, 0.3) is 0 Å². The summed E-state index contributed by atoms with van der Waals surface area (Å²) in [6, 6.07) is 5.48. The lowest BCUT2D eigenvalue weighted by molar-refractivity contribution is -0.153. The summed E-state index contributed by atoms with van der Waals surface area (Å²) in [4.78, 5) is 25.3. The van der Waals surface area contributed by atoms with Crippen LogP contribution < -0.4 is 5.32 Å². The van der Waals surface area contributed by atoms with E-state index in [2.05, 4.69) is 5.32 Å². The van der Waals surface area contributed by atoms with Gasteiger partial charge in [0.25, 0.3) is 0 Å². The summed E-state index contributed by atoms with van der Waals surface area (Å²) in [7, 11) is 0. The number of nitrogens with zero attached hydrogens (tertiary/aromatic N) is 1. The van der Waals surface area contributed by atoms with Crippen molar-refractivity contribution in [1.29, 1.82) is 0 Å². The van der Waals surface area contributed by atoms with Gasteiger partial charge in [-0.25, -0.2) is 0 Å². The molecule has 1 aromatic rings. The van der Waals surface area contributed by atoms with Crippen molar-refractivity contribution in [2.75, 3.05) is 13.1 Å². The van der Waals surface area contributed by atoms with Crippen LogP contribution in [0, 0.1) is 0 Å². The summed E-state index contributed by atoms with van der Waals surface area (Å²) in [5, 5.41) is 2.89. The lowest BCUT2D eigenvalue weighted by Crippen LogP contribution is -2.52. The van der Waals surface area contributed by atoms with E-state index in [0.29, 0.717) is 5.56 Å². The minimum Gasteiger partial charge on any atom is -0.352 e. The van der Waals surface area contributed by atoms with Crippen molar-refractivity contribution in [2.24, 2.45) is 0 Å². The van der Waals surface area contributed by atoms with Crippen LogP contribution in [0.4, 0.5) is 13.2 Å². The Morgan fingerprint density at radius 3 is 2.68 bits per heavy atom. The maximum absolute atomic E-state index is 12.3. The summed E-state index contributed by atoms with van der Waals surface area (Å²) >= 11 is 6.04. The normalized spacial score (nSPS) is 19.0. The number of amides is 2. The molecule has 22 heavy (non-hydrogen) atoms. The van der Waals surface area contributed by atoms with Crippen LogP contribution in [0.2, 0.25) is 5.02 Å². The number of nitrogens with one attached hydrogen (secondary N) is 1. The fourth-order valence-electron chi connectivity index (χ4n) is 2.33. The Balaban J connectivity index is 2.22. The highest BCUT2D eigenvalue weighted by Crippen LogP contribution is 2.30. The second kappa shape index (κ2) is 6.56. The first-order chi connectivity index (χ1) is 10.3. The van der Waals surface area contributed by atoms with Gasteiger partial charge in [-0.05, 0) is 6.07 Å². The smallest absolute Gasteiger partial charge is 0.352 e. The zero-order valence-corrected chi connectivity index (χ0v) is 12.2. The molecule has 8 heteroatoms. The Kier molecular flexibility index (Phi) is 4.95. The average molecular weight is 335 g/mol. The number of hydrogen-bond donors (Lipinski definition) is 1. The molecule has 2 amide bonds. The molecule has 2 rings (SSSR count). The molecule has 4 nitrogen and oxygen atoms in total. The van der Waals surface area contributed by atoms with Gasteiger partial charge >= 0.3 is 6.18 Å². The van der Waals surface area contributed by atoms with Crippen molar-refractivity contribution in [2.45, 2.75) is 25.1 Å². The summed E-state index contributed by atoms with van der Waals surface area (Å²) < 4.78 is 36.8. The number of carbonyl (C=O) groups is 2. The molecule has 1 atom stereocenters. The Bertz CT molecular complexity index is 577. The molecule has 0 saturated carbocycles. The van der Waals surface area contributed by atoms with Gasteiger partial charge in [-0.2, -0.15) is 13.2 Å². The standard InChI is InChI=1S/C14H14ClF3N2O2/c15-10-4-2-1-3-9(10)12-13(22)19-7-8-20(12)11(21)5-6-14(16,17)18/h1-4,12H,5-8H2,(H,19,22)/t12-/m0/s1. The van der Waals surface area contributed by atoms with E-state index in [1.807, 2.05) is 0 Å². The Morgan fingerprint density at radius 1 is 1.36 bits per heavy atom. The molecule has 0 spiro atoms. The summed E-state index contributed by atoms with van der Waals surface area (Å²) in [6.45, 7) is 0.357. The SMILES string of the molecule is O=C1NCCN(C(=O)CCC(F)(F)F)[C@H]1c1ccccc1Cl. The van der Waals surface area contributed by atoms with Crippen LogP contribution in [0.3, 0.4) is 0 Å². The van der Waals surface area contributed by atoms with Gasteiger partial charge in [0, 0.05) is 30.1 Å². The quantitative estimate of drug-likeness (QED) is 0.924. The van der Waals surface area contributed by atoms with Gasteiger partial charge in [-0.3, -0.25) is 9.59 Å². The van der Waals surface area contributed by atoms with Crippen LogP contribution in [0.15, 0.2) is 24.3 Å². The van der Waals surface area contributed by atoms with Gasteiger partial charge in [-0.1, -0.05) is 29.8 Å². The first kappa shape index (κ1) is 16.6. The van der Waals surface area contributed by atoms with E-state index in [9.17, 15) is 22.8 Å². The number of halogens is 4. The number of hydrogen-bond acceptors (Lipinski definition) is 2. The van der Waals surface area contributed by atoms with E-state index in [4.69, 9.17) is 11.6 Å². The maximum Gasteiger partial charge on any atom is 0.389 e. The van der Waals surface area contributed by atoms with Crippen LogP contribution in [-0.2, 0) is 9.59 Å². The van der Waals surface area contributed by atoms with Crippen molar-refractivity contribution in [1.82, 2.24) is 10.2 Å². The van der Waals surface area contributed by atoms with Crippen molar-refractivity contribution in [3.63, 3.8) is 0 Å². The minimum atomic E-state index is -4.41. The molecule has 1 heterocycles. The molecule has 0 aliphatic carbocycles. The van der Waals surface area contributed by atoms with Crippen LogP contribution >= 0.6 is 11.6 Å². The topological polar surface area (TPSA) is 49.4 Å². The molecule has 1 aliphatic rings. The highest BCUT2D eigenvalue weighted by molar-refractivity contribution is 6.31. The lowest BCUT2D eigenvalue weighted by atomic mass is 10.0. The van der Waals surface area contributed by atoms with Gasteiger partial charge in [0.1, 0.15) is 6.04 Å². The molecular weight excluding hydrogens is 321 g/mol. The molecule has 1 fully saturated rings. The third-order valence-electron chi connectivity index (χ3n) is 3.35. The second-order valence-corrected chi connectivity index (χ2v) is 5.32. The van der Waals surface area contributed by atoms with Crippen LogP contribution in [-0.4, -0.2) is 36.0 Å². The highest BCUT2D eigenvalue weighted by Gasteiger charge is 2.37. The Labute approximate surface area is 130 Å². The van der Waals surface area contributed by atoms with Crippen molar-refractivity contribution in [3.8, 4) is 0 Å². The van der Waals surface area contributed by atoms with Crippen LogP contribution in [0.5, 0.6) is 0 Å². The molecule has 1 aliphatic heterocycles. The zero-order valence-electron chi connectivity index (χ0n) is 11.5. The summed E-state index contributed by atoms with van der Waals surface area (Å²) in [5.74, 6) is -1.16. The Hall–Kier alpha value is -1.76. The molecule has 1 N–H and O–H groups in total. The number of rotatable bonds is 3. The van der Waals surface area contributed by atoms with Gasteiger partial charge < -0.3 is 10.2 Å². The van der Waals surface area contributed by atoms with E-state index in [1.54, 1.807) is 24.3 Å². The number of carbonyl (C=O) groups excluding carboxylic acids is 2. The van der Waals surface area contributed by atoms with Crippen molar-refractivity contribution >= 4 is 23.4 Å². The molecule has 0 bridgehead atoms. The molecule has 0 unspecified atom stereocenters. The van der Waals surface area contributed by atoms with Crippen molar-refractivity contribution in [3.05, 3.63) is 34.9 Å².